The Labute approximate surface area is 159 Å². The lowest BCUT2D eigenvalue weighted by atomic mass is 9.97. The van der Waals surface area contributed by atoms with Crippen LogP contribution >= 0.6 is 0 Å². The first kappa shape index (κ1) is 19.1. The molecule has 0 saturated carbocycles. The SMILES string of the molecule is CCCOc1ccc(-c2ccc(-c3ccc(CCC)cc3)c(F)c2F)cc1. The van der Waals surface area contributed by atoms with Crippen molar-refractivity contribution in [1.29, 1.82) is 0 Å². The summed E-state index contributed by atoms with van der Waals surface area (Å²) in [4.78, 5) is 0. The summed E-state index contributed by atoms with van der Waals surface area (Å²) in [5.41, 5.74) is 3.04. The maximum Gasteiger partial charge on any atom is 0.167 e. The van der Waals surface area contributed by atoms with Gasteiger partial charge >= 0.3 is 0 Å². The number of benzene rings is 3. The Morgan fingerprint density at radius 1 is 0.667 bits per heavy atom. The van der Waals surface area contributed by atoms with Gasteiger partial charge in [-0.25, -0.2) is 8.78 Å². The largest absolute Gasteiger partial charge is 0.494 e. The van der Waals surface area contributed by atoms with Crippen molar-refractivity contribution in [2.75, 3.05) is 6.61 Å². The van der Waals surface area contributed by atoms with Crippen molar-refractivity contribution in [1.82, 2.24) is 0 Å². The lowest BCUT2D eigenvalue weighted by Gasteiger charge is -2.11. The molecular weight excluding hydrogens is 342 g/mol. The number of aryl methyl sites for hydroxylation is 1. The number of rotatable bonds is 7. The van der Waals surface area contributed by atoms with Crippen LogP contribution in [0.5, 0.6) is 5.75 Å². The lowest BCUT2D eigenvalue weighted by Crippen LogP contribution is -1.96. The first-order valence-electron chi connectivity index (χ1n) is 9.44. The molecule has 0 aliphatic carbocycles. The minimum atomic E-state index is -0.827. The smallest absolute Gasteiger partial charge is 0.167 e. The highest BCUT2D eigenvalue weighted by molar-refractivity contribution is 5.72. The van der Waals surface area contributed by atoms with Gasteiger partial charge in [-0.3, -0.25) is 0 Å². The molecule has 0 atom stereocenters. The van der Waals surface area contributed by atoms with E-state index in [2.05, 4.69) is 6.92 Å². The first-order chi connectivity index (χ1) is 13.1. The Kier molecular flexibility index (Phi) is 6.23. The summed E-state index contributed by atoms with van der Waals surface area (Å²) < 4.78 is 35.0. The van der Waals surface area contributed by atoms with Crippen molar-refractivity contribution < 1.29 is 13.5 Å². The molecule has 0 radical (unpaired) electrons. The van der Waals surface area contributed by atoms with E-state index < -0.39 is 11.6 Å². The molecular formula is C24H24F2O. The zero-order chi connectivity index (χ0) is 19.2. The van der Waals surface area contributed by atoms with Crippen LogP contribution in [0.2, 0.25) is 0 Å². The van der Waals surface area contributed by atoms with Gasteiger partial charge in [0.25, 0.3) is 0 Å². The maximum absolute atomic E-state index is 14.7. The summed E-state index contributed by atoms with van der Waals surface area (Å²) in [6.45, 7) is 4.78. The third-order valence-electron chi connectivity index (χ3n) is 4.52. The molecule has 27 heavy (non-hydrogen) atoms. The standard InChI is InChI=1S/C24H24F2O/c1-3-5-17-6-8-18(9-7-17)21-14-15-22(24(26)23(21)25)19-10-12-20(13-11-19)27-16-4-2/h6-15H,3-5,16H2,1-2H3. The zero-order valence-electron chi connectivity index (χ0n) is 15.8. The topological polar surface area (TPSA) is 9.23 Å². The second-order valence-electron chi connectivity index (χ2n) is 6.61. The zero-order valence-corrected chi connectivity index (χ0v) is 15.8. The predicted molar refractivity (Wildman–Crippen MR) is 107 cm³/mol. The highest BCUT2D eigenvalue weighted by Crippen LogP contribution is 2.32. The van der Waals surface area contributed by atoms with Gasteiger partial charge in [0.2, 0.25) is 0 Å². The second kappa shape index (κ2) is 8.81. The monoisotopic (exact) mass is 366 g/mol. The second-order valence-corrected chi connectivity index (χ2v) is 6.61. The van der Waals surface area contributed by atoms with E-state index in [4.69, 9.17) is 4.74 Å². The number of hydrogen-bond donors (Lipinski definition) is 0. The molecule has 140 valence electrons. The van der Waals surface area contributed by atoms with Crippen LogP contribution in [0.1, 0.15) is 32.3 Å². The van der Waals surface area contributed by atoms with E-state index in [1.165, 1.54) is 5.56 Å². The summed E-state index contributed by atoms with van der Waals surface area (Å²) in [5, 5.41) is 0. The van der Waals surface area contributed by atoms with Crippen molar-refractivity contribution in [2.45, 2.75) is 33.1 Å². The number of ether oxygens (including phenoxy) is 1. The van der Waals surface area contributed by atoms with Crippen molar-refractivity contribution in [3.8, 4) is 28.0 Å². The van der Waals surface area contributed by atoms with E-state index in [0.717, 1.165) is 25.0 Å². The van der Waals surface area contributed by atoms with Gasteiger partial charge in [-0.1, -0.05) is 68.8 Å². The molecule has 3 aromatic rings. The Hall–Kier alpha value is -2.68. The van der Waals surface area contributed by atoms with Crippen LogP contribution < -0.4 is 4.74 Å². The lowest BCUT2D eigenvalue weighted by molar-refractivity contribution is 0.317. The molecule has 3 heteroatoms. The third-order valence-corrected chi connectivity index (χ3v) is 4.52. The van der Waals surface area contributed by atoms with E-state index in [1.807, 2.05) is 31.2 Å². The summed E-state index contributed by atoms with van der Waals surface area (Å²) in [6, 6.07) is 18.0. The van der Waals surface area contributed by atoms with E-state index in [1.54, 1.807) is 36.4 Å². The average molecular weight is 366 g/mol. The van der Waals surface area contributed by atoms with Crippen LogP contribution in [-0.4, -0.2) is 6.61 Å². The molecule has 0 N–H and O–H groups in total. The third kappa shape index (κ3) is 4.36. The van der Waals surface area contributed by atoms with Crippen molar-refractivity contribution in [3.05, 3.63) is 77.9 Å². The maximum atomic E-state index is 14.7. The Morgan fingerprint density at radius 2 is 1.19 bits per heavy atom. The van der Waals surface area contributed by atoms with Gasteiger partial charge in [0.15, 0.2) is 11.6 Å². The summed E-state index contributed by atoms with van der Waals surface area (Å²) in [5.74, 6) is -0.917. The van der Waals surface area contributed by atoms with Crippen LogP contribution in [0, 0.1) is 11.6 Å². The van der Waals surface area contributed by atoms with E-state index in [0.29, 0.717) is 17.7 Å². The molecule has 3 rings (SSSR count). The predicted octanol–water partition coefficient (Wildman–Crippen LogP) is 7.04. The van der Waals surface area contributed by atoms with Crippen molar-refractivity contribution in [3.63, 3.8) is 0 Å². The molecule has 0 saturated heterocycles. The molecule has 0 fully saturated rings. The fourth-order valence-electron chi connectivity index (χ4n) is 3.09. The average Bonchev–Trinajstić information content (AvgIpc) is 2.70. The van der Waals surface area contributed by atoms with Gasteiger partial charge in [-0.2, -0.15) is 0 Å². The molecule has 3 aromatic carbocycles. The molecule has 0 unspecified atom stereocenters. The van der Waals surface area contributed by atoms with Crippen molar-refractivity contribution in [2.24, 2.45) is 0 Å². The van der Waals surface area contributed by atoms with E-state index in [9.17, 15) is 8.78 Å². The Bertz CT molecular complexity index is 884. The minimum Gasteiger partial charge on any atom is -0.494 e. The van der Waals surface area contributed by atoms with Crippen LogP contribution in [0.3, 0.4) is 0 Å². The molecule has 0 aliphatic rings. The Morgan fingerprint density at radius 3 is 1.67 bits per heavy atom. The summed E-state index contributed by atoms with van der Waals surface area (Å²) >= 11 is 0. The van der Waals surface area contributed by atoms with Crippen LogP contribution in [0.4, 0.5) is 8.78 Å². The number of hydrogen-bond acceptors (Lipinski definition) is 1. The Balaban J connectivity index is 1.88. The molecule has 0 bridgehead atoms. The first-order valence-corrected chi connectivity index (χ1v) is 9.44. The summed E-state index contributed by atoms with van der Waals surface area (Å²) in [7, 11) is 0. The van der Waals surface area contributed by atoms with Gasteiger partial charge < -0.3 is 4.74 Å². The van der Waals surface area contributed by atoms with Crippen LogP contribution in [-0.2, 0) is 6.42 Å². The molecule has 0 aromatic heterocycles. The van der Waals surface area contributed by atoms with Gasteiger partial charge in [-0.15, -0.1) is 0 Å². The van der Waals surface area contributed by atoms with E-state index >= 15 is 0 Å². The highest BCUT2D eigenvalue weighted by Gasteiger charge is 2.16. The normalized spacial score (nSPS) is 10.8. The van der Waals surface area contributed by atoms with E-state index in [-0.39, 0.29) is 11.1 Å². The number of halogens is 2. The minimum absolute atomic E-state index is 0.251. The highest BCUT2D eigenvalue weighted by atomic mass is 19.2. The van der Waals surface area contributed by atoms with Gasteiger partial charge in [0.1, 0.15) is 5.75 Å². The van der Waals surface area contributed by atoms with Crippen LogP contribution in [0.15, 0.2) is 60.7 Å². The fourth-order valence-corrected chi connectivity index (χ4v) is 3.09. The quantitative estimate of drug-likeness (QED) is 0.436. The summed E-state index contributed by atoms with van der Waals surface area (Å²) in [6.07, 6.45) is 2.95. The molecule has 0 heterocycles. The fraction of sp³-hybridized carbons (Fsp3) is 0.250. The van der Waals surface area contributed by atoms with Gasteiger partial charge in [0.05, 0.1) is 6.61 Å². The van der Waals surface area contributed by atoms with Crippen LogP contribution in [0.25, 0.3) is 22.3 Å². The van der Waals surface area contributed by atoms with Gasteiger partial charge in [-0.05, 0) is 41.7 Å². The van der Waals surface area contributed by atoms with Crippen molar-refractivity contribution >= 4 is 0 Å². The molecule has 0 amide bonds. The molecule has 0 aliphatic heterocycles. The van der Waals surface area contributed by atoms with Gasteiger partial charge in [0, 0.05) is 11.1 Å². The molecule has 1 nitrogen and oxygen atoms in total. The molecule has 0 spiro atoms.